The number of rotatable bonds is 12. The molecule has 0 aromatic heterocycles. The molecule has 4 aromatic rings. The molecule has 12 nitrogen and oxygen atoms in total. The van der Waals surface area contributed by atoms with Gasteiger partial charge in [-0.3, -0.25) is 19.2 Å². The van der Waals surface area contributed by atoms with Crippen LogP contribution in [0.3, 0.4) is 0 Å². The third-order valence-electron chi connectivity index (χ3n) is 7.96. The Morgan fingerprint density at radius 2 is 1.35 bits per heavy atom. The van der Waals surface area contributed by atoms with Crippen LogP contribution in [0.5, 0.6) is 23.0 Å². The number of carbonyl (C=O) groups is 4. The standard InChI is InChI=1S/C37H34N4O8/c1-40-22-31(35(44)39-21-25-9-8-14-29(19-25)48-27-12-6-3-7-13-27)33(37(40)46)49-41-23-30(32(42)36(41)45)34(43)38-20-24-15-17-28(18-16-24)47-26-10-4-2-5-11-26/h2-19,30,32,42H,20-23H2,1H3,(H,38,43)(H,39,44). The van der Waals surface area contributed by atoms with E-state index in [9.17, 15) is 24.3 Å². The first-order valence-electron chi connectivity index (χ1n) is 15.6. The lowest BCUT2D eigenvalue weighted by Gasteiger charge is -2.18. The van der Waals surface area contributed by atoms with Crippen molar-refractivity contribution in [3.8, 4) is 23.0 Å². The first-order chi connectivity index (χ1) is 23.7. The van der Waals surface area contributed by atoms with E-state index in [-0.39, 0.29) is 37.5 Å². The number of para-hydroxylation sites is 2. The Hall–Kier alpha value is -6.14. The lowest BCUT2D eigenvalue weighted by molar-refractivity contribution is -0.171. The van der Waals surface area contributed by atoms with Gasteiger partial charge >= 0.3 is 0 Å². The topological polar surface area (TPSA) is 147 Å². The van der Waals surface area contributed by atoms with Crippen LogP contribution in [0.1, 0.15) is 11.1 Å². The summed E-state index contributed by atoms with van der Waals surface area (Å²) >= 11 is 0. The van der Waals surface area contributed by atoms with Crippen LogP contribution in [-0.4, -0.2) is 64.9 Å². The molecule has 2 unspecified atom stereocenters. The molecule has 0 saturated carbocycles. The van der Waals surface area contributed by atoms with Crippen molar-refractivity contribution < 1.29 is 38.6 Å². The fourth-order valence-electron chi connectivity index (χ4n) is 5.31. The number of aliphatic hydroxyl groups is 1. The molecule has 2 aliphatic rings. The number of benzene rings is 4. The summed E-state index contributed by atoms with van der Waals surface area (Å²) in [5.41, 5.74) is 1.54. The van der Waals surface area contributed by atoms with Gasteiger partial charge in [0.15, 0.2) is 0 Å². The number of ether oxygens (including phenoxy) is 2. The second-order valence-electron chi connectivity index (χ2n) is 11.5. The van der Waals surface area contributed by atoms with Gasteiger partial charge in [0.1, 0.15) is 29.1 Å². The highest BCUT2D eigenvalue weighted by atomic mass is 16.7. The van der Waals surface area contributed by atoms with Gasteiger partial charge in [0.25, 0.3) is 17.7 Å². The summed E-state index contributed by atoms with van der Waals surface area (Å²) in [7, 11) is 1.49. The van der Waals surface area contributed by atoms with Crippen molar-refractivity contribution in [1.82, 2.24) is 20.6 Å². The number of amides is 4. The third kappa shape index (κ3) is 7.88. The molecule has 4 aromatic carbocycles. The number of nitrogens with one attached hydrogen (secondary N) is 2. The monoisotopic (exact) mass is 662 g/mol. The Bertz CT molecular complexity index is 1860. The molecule has 12 heteroatoms. The Labute approximate surface area is 282 Å². The molecule has 3 N–H and O–H groups in total. The van der Waals surface area contributed by atoms with Gasteiger partial charge < -0.3 is 35.0 Å². The smallest absolute Gasteiger partial charge is 0.292 e. The van der Waals surface area contributed by atoms with E-state index in [0.717, 1.165) is 16.2 Å². The van der Waals surface area contributed by atoms with E-state index in [1.54, 1.807) is 42.5 Å². The minimum Gasteiger partial charge on any atom is -0.457 e. The fourth-order valence-corrected chi connectivity index (χ4v) is 5.31. The molecule has 0 spiro atoms. The zero-order chi connectivity index (χ0) is 34.3. The largest absolute Gasteiger partial charge is 0.457 e. The van der Waals surface area contributed by atoms with Crippen molar-refractivity contribution in [2.24, 2.45) is 5.92 Å². The average molecular weight is 663 g/mol. The van der Waals surface area contributed by atoms with Crippen molar-refractivity contribution in [2.45, 2.75) is 19.2 Å². The normalized spacial score (nSPS) is 17.3. The van der Waals surface area contributed by atoms with Gasteiger partial charge in [-0.25, -0.2) is 0 Å². The minimum absolute atomic E-state index is 0.0130. The van der Waals surface area contributed by atoms with Gasteiger partial charge in [0.2, 0.25) is 11.7 Å². The summed E-state index contributed by atoms with van der Waals surface area (Å²) in [5, 5.41) is 16.9. The molecule has 2 atom stereocenters. The van der Waals surface area contributed by atoms with Crippen molar-refractivity contribution in [2.75, 3.05) is 20.1 Å². The molecule has 49 heavy (non-hydrogen) atoms. The molecule has 1 fully saturated rings. The van der Waals surface area contributed by atoms with E-state index in [4.69, 9.17) is 14.3 Å². The van der Waals surface area contributed by atoms with Crippen LogP contribution < -0.4 is 20.1 Å². The number of hydroxylamine groups is 2. The van der Waals surface area contributed by atoms with E-state index in [1.807, 2.05) is 66.7 Å². The van der Waals surface area contributed by atoms with E-state index < -0.39 is 35.7 Å². The van der Waals surface area contributed by atoms with Crippen LogP contribution in [0.2, 0.25) is 0 Å². The van der Waals surface area contributed by atoms with Gasteiger partial charge in [0.05, 0.1) is 24.6 Å². The Kier molecular flexibility index (Phi) is 9.86. The summed E-state index contributed by atoms with van der Waals surface area (Å²) in [4.78, 5) is 59.0. The number of hydrogen-bond acceptors (Lipinski definition) is 8. The molecule has 1 saturated heterocycles. The summed E-state index contributed by atoms with van der Waals surface area (Å²) < 4.78 is 11.7. The fraction of sp³-hybridized carbons (Fsp3) is 0.189. The van der Waals surface area contributed by atoms with Crippen LogP contribution in [0.15, 0.2) is 121 Å². The maximum atomic E-state index is 13.2. The predicted octanol–water partition coefficient (Wildman–Crippen LogP) is 3.68. The molecule has 250 valence electrons. The molecule has 0 radical (unpaired) electrons. The highest BCUT2D eigenvalue weighted by Gasteiger charge is 2.47. The third-order valence-corrected chi connectivity index (χ3v) is 7.96. The van der Waals surface area contributed by atoms with Crippen molar-refractivity contribution in [3.63, 3.8) is 0 Å². The predicted molar refractivity (Wildman–Crippen MR) is 177 cm³/mol. The van der Waals surface area contributed by atoms with Gasteiger partial charge in [-0.1, -0.05) is 60.7 Å². The van der Waals surface area contributed by atoms with E-state index in [2.05, 4.69) is 10.6 Å². The molecule has 4 amide bonds. The van der Waals surface area contributed by atoms with Gasteiger partial charge in [-0.05, 0) is 59.7 Å². The lowest BCUT2D eigenvalue weighted by atomic mass is 10.1. The number of likely N-dealkylation sites (N-methyl/N-ethyl adjacent to an activating group) is 1. The van der Waals surface area contributed by atoms with Gasteiger partial charge in [-0.2, -0.15) is 5.06 Å². The molecule has 0 aliphatic carbocycles. The molecule has 0 bridgehead atoms. The maximum Gasteiger partial charge on any atom is 0.292 e. The van der Waals surface area contributed by atoms with Crippen molar-refractivity contribution in [1.29, 1.82) is 0 Å². The maximum absolute atomic E-state index is 13.2. The van der Waals surface area contributed by atoms with Crippen LogP contribution in [0.4, 0.5) is 0 Å². The van der Waals surface area contributed by atoms with Gasteiger partial charge in [0, 0.05) is 20.1 Å². The zero-order valence-corrected chi connectivity index (χ0v) is 26.6. The van der Waals surface area contributed by atoms with Crippen molar-refractivity contribution >= 4 is 23.6 Å². The molecule has 2 aliphatic heterocycles. The SMILES string of the molecule is CN1CC(C(=O)NCc2cccc(Oc3ccccc3)c2)=C(ON2CC(C(=O)NCc3ccc(Oc4ccccc4)cc3)C(O)C2=O)C1=O. The summed E-state index contributed by atoms with van der Waals surface area (Å²) in [5.74, 6) is -1.57. The van der Waals surface area contributed by atoms with Crippen molar-refractivity contribution in [3.05, 3.63) is 132 Å². The number of nitrogens with zero attached hydrogens (tertiary/aromatic N) is 2. The van der Waals surface area contributed by atoms with Crippen LogP contribution >= 0.6 is 0 Å². The van der Waals surface area contributed by atoms with E-state index >= 15 is 0 Å². The zero-order valence-electron chi connectivity index (χ0n) is 26.6. The first kappa shape index (κ1) is 32.8. The summed E-state index contributed by atoms with van der Waals surface area (Å²) in [6.45, 7) is -0.102. The van der Waals surface area contributed by atoms with E-state index in [0.29, 0.717) is 23.0 Å². The number of aliphatic hydroxyl groups excluding tert-OH is 1. The molecular formula is C37H34N4O8. The Morgan fingerprint density at radius 3 is 2.02 bits per heavy atom. The Morgan fingerprint density at radius 1 is 0.755 bits per heavy atom. The summed E-state index contributed by atoms with van der Waals surface area (Å²) in [6.07, 6.45) is -1.70. The first-order valence-corrected chi connectivity index (χ1v) is 15.6. The van der Waals surface area contributed by atoms with Crippen LogP contribution in [-0.2, 0) is 37.1 Å². The van der Waals surface area contributed by atoms with Crippen LogP contribution in [0, 0.1) is 5.92 Å². The number of hydrogen-bond donors (Lipinski definition) is 3. The van der Waals surface area contributed by atoms with E-state index in [1.165, 1.54) is 11.9 Å². The van der Waals surface area contributed by atoms with Crippen LogP contribution in [0.25, 0.3) is 0 Å². The second kappa shape index (κ2) is 14.7. The number of carbonyl (C=O) groups excluding carboxylic acids is 4. The average Bonchev–Trinajstić information content (AvgIpc) is 3.57. The minimum atomic E-state index is -1.70. The summed E-state index contributed by atoms with van der Waals surface area (Å²) in [6, 6.07) is 32.9. The molecule has 2 heterocycles. The molecular weight excluding hydrogens is 628 g/mol. The highest BCUT2D eigenvalue weighted by Crippen LogP contribution is 2.27. The highest BCUT2D eigenvalue weighted by molar-refractivity contribution is 6.07. The quantitative estimate of drug-likeness (QED) is 0.208. The second-order valence-corrected chi connectivity index (χ2v) is 11.5. The van der Waals surface area contributed by atoms with Gasteiger partial charge in [-0.15, -0.1) is 0 Å². The lowest BCUT2D eigenvalue weighted by Crippen LogP contribution is -2.37. The Balaban J connectivity index is 1.05. The molecule has 6 rings (SSSR count).